The fraction of sp³-hybridized carbons (Fsp3) is 0.727. The highest BCUT2D eigenvalue weighted by atomic mass is 79.9. The lowest BCUT2D eigenvalue weighted by atomic mass is 9.49. The van der Waals surface area contributed by atoms with Gasteiger partial charge in [-0.3, -0.25) is 9.59 Å². The fourth-order valence-electron chi connectivity index (χ4n) is 6.95. The highest BCUT2D eigenvalue weighted by Crippen LogP contribution is 2.60. The molecule has 1 saturated heterocycles. The molecule has 152 valence electrons. The van der Waals surface area contributed by atoms with Crippen LogP contribution in [0.25, 0.3) is 0 Å². The lowest BCUT2D eigenvalue weighted by molar-refractivity contribution is -0.161. The number of rotatable bonds is 4. The van der Waals surface area contributed by atoms with E-state index in [4.69, 9.17) is 0 Å². The molecule has 1 aromatic heterocycles. The molecule has 1 aliphatic heterocycles. The first kappa shape index (κ1) is 19.1. The molecule has 6 rings (SSSR count). The van der Waals surface area contributed by atoms with Crippen molar-refractivity contribution in [2.45, 2.75) is 64.0 Å². The van der Waals surface area contributed by atoms with E-state index < -0.39 is 0 Å². The number of amides is 2. The maximum atomic E-state index is 13.7. The van der Waals surface area contributed by atoms with Crippen LogP contribution in [-0.4, -0.2) is 41.2 Å². The molecule has 28 heavy (non-hydrogen) atoms. The Morgan fingerprint density at radius 3 is 2.43 bits per heavy atom. The molecular formula is C22H29BrN2O2S. The van der Waals surface area contributed by atoms with Crippen LogP contribution in [0.2, 0.25) is 0 Å². The Kier molecular flexibility index (Phi) is 4.86. The molecule has 2 amide bonds. The summed E-state index contributed by atoms with van der Waals surface area (Å²) in [5, 5.41) is 2.05. The minimum Gasteiger partial charge on any atom is -0.339 e. The third-order valence-electron chi connectivity index (χ3n) is 7.68. The van der Waals surface area contributed by atoms with E-state index in [0.717, 1.165) is 60.9 Å². The van der Waals surface area contributed by atoms with Crippen molar-refractivity contribution in [2.24, 2.45) is 23.2 Å². The lowest BCUT2D eigenvalue weighted by Crippen LogP contribution is -2.57. The summed E-state index contributed by atoms with van der Waals surface area (Å²) in [6, 6.07) is 1.82. The van der Waals surface area contributed by atoms with Gasteiger partial charge < -0.3 is 9.80 Å². The molecule has 1 unspecified atom stereocenters. The molecule has 4 nitrogen and oxygen atoms in total. The average Bonchev–Trinajstić information content (AvgIpc) is 3.28. The molecule has 0 spiro atoms. The fourth-order valence-corrected chi connectivity index (χ4v) is 8.45. The van der Waals surface area contributed by atoms with Crippen molar-refractivity contribution in [2.75, 3.05) is 13.6 Å². The van der Waals surface area contributed by atoms with Gasteiger partial charge in [0.15, 0.2) is 0 Å². The lowest BCUT2D eigenvalue weighted by Gasteiger charge is -2.56. The average molecular weight is 465 g/mol. The summed E-state index contributed by atoms with van der Waals surface area (Å²) >= 11 is 5.15. The highest BCUT2D eigenvalue weighted by Gasteiger charge is 2.56. The van der Waals surface area contributed by atoms with E-state index in [1.54, 1.807) is 11.3 Å². The van der Waals surface area contributed by atoms with Crippen LogP contribution in [-0.2, 0) is 16.1 Å². The van der Waals surface area contributed by atoms with Gasteiger partial charge in [-0.2, -0.15) is 0 Å². The van der Waals surface area contributed by atoms with E-state index >= 15 is 0 Å². The topological polar surface area (TPSA) is 40.6 Å². The summed E-state index contributed by atoms with van der Waals surface area (Å²) in [6.45, 7) is 1.38. The summed E-state index contributed by atoms with van der Waals surface area (Å²) < 4.78 is 1.06. The zero-order valence-corrected chi connectivity index (χ0v) is 18.9. The van der Waals surface area contributed by atoms with Gasteiger partial charge in [0, 0.05) is 28.3 Å². The molecule has 4 aliphatic carbocycles. The first-order chi connectivity index (χ1) is 13.4. The Labute approximate surface area is 179 Å². The zero-order chi connectivity index (χ0) is 19.5. The monoisotopic (exact) mass is 464 g/mol. The SMILES string of the molecule is CN(Cc1cc(Br)cs1)C(=O)C1CCCN1C(=O)C12CC3CC(CC(C3)C1)C2. The smallest absolute Gasteiger partial charge is 0.245 e. The van der Waals surface area contributed by atoms with Gasteiger partial charge in [-0.25, -0.2) is 0 Å². The van der Waals surface area contributed by atoms with E-state index in [9.17, 15) is 9.59 Å². The Bertz CT molecular complexity index is 756. The van der Waals surface area contributed by atoms with Gasteiger partial charge in [0.05, 0.1) is 12.0 Å². The minimum absolute atomic E-state index is 0.111. The van der Waals surface area contributed by atoms with E-state index in [1.165, 1.54) is 24.1 Å². The Balaban J connectivity index is 1.31. The Morgan fingerprint density at radius 2 is 1.86 bits per heavy atom. The van der Waals surface area contributed by atoms with Crippen LogP contribution in [0, 0.1) is 23.2 Å². The van der Waals surface area contributed by atoms with Crippen molar-refractivity contribution in [1.29, 1.82) is 0 Å². The van der Waals surface area contributed by atoms with Crippen LogP contribution >= 0.6 is 27.3 Å². The second-order valence-corrected chi connectivity index (χ2v) is 11.7. The van der Waals surface area contributed by atoms with E-state index in [1.807, 2.05) is 22.2 Å². The van der Waals surface area contributed by atoms with Crippen molar-refractivity contribution >= 4 is 39.1 Å². The normalized spacial score (nSPS) is 36.1. The number of likely N-dealkylation sites (tertiary alicyclic amines) is 1. The van der Waals surface area contributed by atoms with Gasteiger partial charge in [-0.15, -0.1) is 11.3 Å². The van der Waals surface area contributed by atoms with Crippen molar-refractivity contribution in [3.05, 3.63) is 20.8 Å². The van der Waals surface area contributed by atoms with Crippen LogP contribution in [0.15, 0.2) is 15.9 Å². The first-order valence-corrected chi connectivity index (χ1v) is 12.4. The molecule has 5 aliphatic rings. The number of hydrogen-bond acceptors (Lipinski definition) is 3. The minimum atomic E-state index is -0.256. The summed E-state index contributed by atoms with van der Waals surface area (Å²) in [7, 11) is 1.88. The number of carbonyl (C=O) groups excluding carboxylic acids is 2. The molecule has 4 saturated carbocycles. The number of thiophene rings is 1. The maximum Gasteiger partial charge on any atom is 0.245 e. The van der Waals surface area contributed by atoms with Gasteiger partial charge in [-0.05, 0) is 91.1 Å². The van der Waals surface area contributed by atoms with Crippen molar-refractivity contribution in [3.63, 3.8) is 0 Å². The van der Waals surface area contributed by atoms with Crippen molar-refractivity contribution in [3.8, 4) is 0 Å². The summed E-state index contributed by atoms with van der Waals surface area (Å²) in [6.07, 6.45) is 9.02. The largest absolute Gasteiger partial charge is 0.339 e. The van der Waals surface area contributed by atoms with Crippen LogP contribution in [0.3, 0.4) is 0 Å². The predicted octanol–water partition coefficient (Wildman–Crippen LogP) is 4.68. The van der Waals surface area contributed by atoms with E-state index in [-0.39, 0.29) is 17.4 Å². The summed E-state index contributed by atoms with van der Waals surface area (Å²) in [5.74, 6) is 2.69. The number of hydrogen-bond donors (Lipinski definition) is 0. The van der Waals surface area contributed by atoms with E-state index in [0.29, 0.717) is 12.5 Å². The second-order valence-electron chi connectivity index (χ2n) is 9.78. The third-order valence-corrected chi connectivity index (χ3v) is 9.36. The van der Waals surface area contributed by atoms with Gasteiger partial charge in [-0.1, -0.05) is 0 Å². The quantitative estimate of drug-likeness (QED) is 0.648. The molecule has 0 radical (unpaired) electrons. The Hall–Kier alpha value is -0.880. The van der Waals surface area contributed by atoms with Crippen LogP contribution < -0.4 is 0 Å². The third kappa shape index (κ3) is 3.24. The summed E-state index contributed by atoms with van der Waals surface area (Å²) in [4.78, 5) is 31.9. The van der Waals surface area contributed by atoms with Crippen LogP contribution in [0.5, 0.6) is 0 Å². The molecular weight excluding hydrogens is 436 g/mol. The predicted molar refractivity (Wildman–Crippen MR) is 114 cm³/mol. The second kappa shape index (κ2) is 7.12. The Morgan fingerprint density at radius 1 is 1.21 bits per heavy atom. The first-order valence-electron chi connectivity index (χ1n) is 10.7. The van der Waals surface area contributed by atoms with Gasteiger partial charge in [0.2, 0.25) is 11.8 Å². The molecule has 1 aromatic rings. The van der Waals surface area contributed by atoms with Gasteiger partial charge >= 0.3 is 0 Å². The molecule has 0 N–H and O–H groups in total. The standard InChI is InChI=1S/C22H29BrN2O2S/c1-24(12-18-8-17(23)13-28-18)20(26)19-3-2-4-25(19)21(27)22-9-14-5-15(10-22)7-16(6-14)11-22/h8,13-16,19H,2-7,9-12H2,1H3. The number of likely N-dealkylation sites (N-methyl/N-ethyl adjacent to an activating group) is 1. The van der Waals surface area contributed by atoms with Crippen molar-refractivity contribution in [1.82, 2.24) is 9.80 Å². The molecule has 1 atom stereocenters. The zero-order valence-electron chi connectivity index (χ0n) is 16.5. The number of nitrogens with zero attached hydrogens (tertiary/aromatic N) is 2. The van der Waals surface area contributed by atoms with Crippen LogP contribution in [0.4, 0.5) is 0 Å². The summed E-state index contributed by atoms with van der Waals surface area (Å²) in [5.41, 5.74) is -0.144. The highest BCUT2D eigenvalue weighted by molar-refractivity contribution is 9.10. The number of carbonyl (C=O) groups is 2. The van der Waals surface area contributed by atoms with Gasteiger partial charge in [0.1, 0.15) is 6.04 Å². The van der Waals surface area contributed by atoms with Crippen LogP contribution in [0.1, 0.15) is 56.2 Å². The van der Waals surface area contributed by atoms with E-state index in [2.05, 4.69) is 22.0 Å². The maximum absolute atomic E-state index is 13.7. The van der Waals surface area contributed by atoms with Gasteiger partial charge in [0.25, 0.3) is 0 Å². The molecule has 5 fully saturated rings. The van der Waals surface area contributed by atoms with Crippen molar-refractivity contribution < 1.29 is 9.59 Å². The number of halogens is 1. The molecule has 0 aromatic carbocycles. The molecule has 6 heteroatoms. The molecule has 2 heterocycles. The molecule has 4 bridgehead atoms.